The molecule has 1 unspecified atom stereocenters. The lowest BCUT2D eigenvalue weighted by Crippen LogP contribution is -2.42. The monoisotopic (exact) mass is 276 g/mol. The number of benzene rings is 1. The average molecular weight is 276 g/mol. The van der Waals surface area contributed by atoms with E-state index in [4.69, 9.17) is 4.74 Å². The van der Waals surface area contributed by atoms with E-state index in [9.17, 15) is 9.59 Å². The van der Waals surface area contributed by atoms with E-state index in [1.807, 2.05) is 31.2 Å². The van der Waals surface area contributed by atoms with E-state index in [1.54, 1.807) is 0 Å². The topological polar surface area (TPSA) is 67.4 Å². The minimum atomic E-state index is -0.233. The zero-order valence-corrected chi connectivity index (χ0v) is 11.6. The van der Waals surface area contributed by atoms with Gasteiger partial charge in [-0.2, -0.15) is 0 Å². The van der Waals surface area contributed by atoms with E-state index in [1.165, 1.54) is 0 Å². The molecular formula is C15H20N2O3. The first-order valence-electron chi connectivity index (χ1n) is 6.95. The molecule has 2 amide bonds. The molecule has 1 aromatic carbocycles. The summed E-state index contributed by atoms with van der Waals surface area (Å²) in [6.07, 6.45) is 1.53. The van der Waals surface area contributed by atoms with Gasteiger partial charge in [-0.15, -0.1) is 0 Å². The summed E-state index contributed by atoms with van der Waals surface area (Å²) in [5, 5.41) is 5.38. The van der Waals surface area contributed by atoms with Gasteiger partial charge >= 0.3 is 0 Å². The molecule has 0 saturated heterocycles. The smallest absolute Gasteiger partial charge is 0.239 e. The Labute approximate surface area is 118 Å². The van der Waals surface area contributed by atoms with Crippen LogP contribution in [0.25, 0.3) is 0 Å². The Morgan fingerprint density at radius 3 is 2.90 bits per heavy atom. The van der Waals surface area contributed by atoms with Crippen molar-refractivity contribution < 1.29 is 14.3 Å². The van der Waals surface area contributed by atoms with Crippen molar-refractivity contribution >= 4 is 11.8 Å². The number of fused-ring (bicyclic) bond motifs is 1. The van der Waals surface area contributed by atoms with Gasteiger partial charge < -0.3 is 15.4 Å². The molecule has 0 radical (unpaired) electrons. The molecule has 1 aliphatic heterocycles. The molecule has 5 nitrogen and oxygen atoms in total. The molecule has 0 saturated carbocycles. The van der Waals surface area contributed by atoms with Crippen molar-refractivity contribution in [2.45, 2.75) is 19.8 Å². The molecule has 20 heavy (non-hydrogen) atoms. The second kappa shape index (κ2) is 6.93. The summed E-state index contributed by atoms with van der Waals surface area (Å²) in [6, 6.07) is 7.71. The Morgan fingerprint density at radius 2 is 2.10 bits per heavy atom. The van der Waals surface area contributed by atoms with Gasteiger partial charge in [0.1, 0.15) is 12.4 Å². The number of hydrogen-bond donors (Lipinski definition) is 2. The lowest BCUT2D eigenvalue weighted by atomic mass is 9.96. The van der Waals surface area contributed by atoms with Gasteiger partial charge in [0.25, 0.3) is 0 Å². The van der Waals surface area contributed by atoms with Gasteiger partial charge in [-0.05, 0) is 24.5 Å². The van der Waals surface area contributed by atoms with Crippen LogP contribution in [0.1, 0.15) is 18.9 Å². The fourth-order valence-corrected chi connectivity index (χ4v) is 2.14. The molecule has 0 aliphatic carbocycles. The number of carbonyl (C=O) groups excluding carboxylic acids is 2. The lowest BCUT2D eigenvalue weighted by Gasteiger charge is -2.24. The fraction of sp³-hybridized carbons (Fsp3) is 0.467. The Morgan fingerprint density at radius 1 is 1.30 bits per heavy atom. The van der Waals surface area contributed by atoms with Gasteiger partial charge in [0.05, 0.1) is 12.5 Å². The van der Waals surface area contributed by atoms with Crippen LogP contribution in [0.3, 0.4) is 0 Å². The van der Waals surface area contributed by atoms with Crippen LogP contribution in [0.4, 0.5) is 0 Å². The first-order valence-corrected chi connectivity index (χ1v) is 6.95. The SMILES string of the molecule is CCCNC(=O)CNC(=O)C1COc2ccccc2C1. The Bertz CT molecular complexity index is 488. The summed E-state index contributed by atoms with van der Waals surface area (Å²) >= 11 is 0. The van der Waals surface area contributed by atoms with E-state index in [-0.39, 0.29) is 24.3 Å². The van der Waals surface area contributed by atoms with E-state index in [0.29, 0.717) is 19.6 Å². The van der Waals surface area contributed by atoms with Gasteiger partial charge in [0, 0.05) is 6.54 Å². The summed E-state index contributed by atoms with van der Waals surface area (Å²) < 4.78 is 5.57. The van der Waals surface area contributed by atoms with Gasteiger partial charge in [-0.25, -0.2) is 0 Å². The molecule has 108 valence electrons. The van der Waals surface area contributed by atoms with Crippen molar-refractivity contribution in [2.24, 2.45) is 5.92 Å². The Kier molecular flexibility index (Phi) is 4.98. The van der Waals surface area contributed by atoms with E-state index >= 15 is 0 Å². The van der Waals surface area contributed by atoms with Crippen LogP contribution in [0.2, 0.25) is 0 Å². The maximum atomic E-state index is 12.0. The summed E-state index contributed by atoms with van der Waals surface area (Å²) in [7, 11) is 0. The number of ether oxygens (including phenoxy) is 1. The van der Waals surface area contributed by atoms with Crippen LogP contribution < -0.4 is 15.4 Å². The minimum Gasteiger partial charge on any atom is -0.492 e. The van der Waals surface area contributed by atoms with Gasteiger partial charge in [0.2, 0.25) is 11.8 Å². The van der Waals surface area contributed by atoms with E-state index in [0.717, 1.165) is 17.7 Å². The van der Waals surface area contributed by atoms with Crippen molar-refractivity contribution in [3.63, 3.8) is 0 Å². The summed E-state index contributed by atoms with van der Waals surface area (Å²) in [4.78, 5) is 23.4. The molecule has 5 heteroatoms. The molecular weight excluding hydrogens is 256 g/mol. The number of nitrogens with one attached hydrogen (secondary N) is 2. The van der Waals surface area contributed by atoms with Crippen molar-refractivity contribution in [3.05, 3.63) is 29.8 Å². The third-order valence-electron chi connectivity index (χ3n) is 3.25. The largest absolute Gasteiger partial charge is 0.492 e. The molecule has 0 fully saturated rings. The molecule has 0 spiro atoms. The van der Waals surface area contributed by atoms with Crippen molar-refractivity contribution in [1.29, 1.82) is 0 Å². The van der Waals surface area contributed by atoms with E-state index < -0.39 is 0 Å². The highest BCUT2D eigenvalue weighted by Gasteiger charge is 2.25. The Hall–Kier alpha value is -2.04. The van der Waals surface area contributed by atoms with Crippen molar-refractivity contribution in [1.82, 2.24) is 10.6 Å². The minimum absolute atomic E-state index is 0.0248. The first-order chi connectivity index (χ1) is 9.70. The summed E-state index contributed by atoms with van der Waals surface area (Å²) in [5.41, 5.74) is 1.04. The molecule has 2 rings (SSSR count). The summed E-state index contributed by atoms with van der Waals surface area (Å²) in [6.45, 7) is 3.00. The highest BCUT2D eigenvalue weighted by atomic mass is 16.5. The summed E-state index contributed by atoms with van der Waals surface area (Å²) in [5.74, 6) is 0.324. The molecule has 1 aliphatic rings. The van der Waals surface area contributed by atoms with Crippen LogP contribution >= 0.6 is 0 Å². The first kappa shape index (κ1) is 14.4. The molecule has 0 bridgehead atoms. The maximum absolute atomic E-state index is 12.0. The van der Waals surface area contributed by atoms with Crippen LogP contribution in [0.5, 0.6) is 5.75 Å². The molecule has 1 heterocycles. The highest BCUT2D eigenvalue weighted by molar-refractivity contribution is 5.86. The van der Waals surface area contributed by atoms with E-state index in [2.05, 4.69) is 10.6 Å². The van der Waals surface area contributed by atoms with Gasteiger partial charge in [0.15, 0.2) is 0 Å². The zero-order valence-electron chi connectivity index (χ0n) is 11.6. The number of carbonyl (C=O) groups is 2. The lowest BCUT2D eigenvalue weighted by molar-refractivity contribution is -0.129. The second-order valence-corrected chi connectivity index (χ2v) is 4.89. The predicted octanol–water partition coefficient (Wildman–Crippen LogP) is 0.880. The molecule has 1 atom stereocenters. The van der Waals surface area contributed by atoms with Crippen LogP contribution in [-0.2, 0) is 16.0 Å². The second-order valence-electron chi connectivity index (χ2n) is 4.89. The number of rotatable bonds is 5. The molecule has 1 aromatic rings. The van der Waals surface area contributed by atoms with Gasteiger partial charge in [-0.3, -0.25) is 9.59 Å². The van der Waals surface area contributed by atoms with Crippen LogP contribution in [0, 0.1) is 5.92 Å². The normalized spacial score (nSPS) is 16.8. The van der Waals surface area contributed by atoms with Crippen molar-refractivity contribution in [3.8, 4) is 5.75 Å². The molecule has 0 aromatic heterocycles. The number of para-hydroxylation sites is 1. The number of hydrogen-bond acceptors (Lipinski definition) is 3. The van der Waals surface area contributed by atoms with Gasteiger partial charge in [-0.1, -0.05) is 25.1 Å². The third kappa shape index (κ3) is 3.73. The highest BCUT2D eigenvalue weighted by Crippen LogP contribution is 2.26. The average Bonchev–Trinajstić information content (AvgIpc) is 2.50. The quantitative estimate of drug-likeness (QED) is 0.839. The number of amides is 2. The third-order valence-corrected chi connectivity index (χ3v) is 3.25. The maximum Gasteiger partial charge on any atom is 0.239 e. The zero-order chi connectivity index (χ0) is 14.4. The standard InChI is InChI=1S/C15H20N2O3/c1-2-7-16-14(18)9-17-15(19)12-8-11-5-3-4-6-13(11)20-10-12/h3-6,12H,2,7-10H2,1H3,(H,16,18)(H,17,19). The fourth-order valence-electron chi connectivity index (χ4n) is 2.14. The van der Waals surface area contributed by atoms with Crippen LogP contribution in [0.15, 0.2) is 24.3 Å². The molecule has 2 N–H and O–H groups in total. The van der Waals surface area contributed by atoms with Crippen LogP contribution in [-0.4, -0.2) is 31.5 Å². The predicted molar refractivity (Wildman–Crippen MR) is 75.4 cm³/mol. The van der Waals surface area contributed by atoms with Crippen molar-refractivity contribution in [2.75, 3.05) is 19.7 Å². The Balaban J connectivity index is 1.81.